The smallest absolute Gasteiger partial charge is 0.336 e. The van der Waals surface area contributed by atoms with Gasteiger partial charge in [-0.25, -0.2) is 9.86 Å². The molecule has 2 aromatic rings. The van der Waals surface area contributed by atoms with Crippen molar-refractivity contribution in [3.05, 3.63) is 34.2 Å². The van der Waals surface area contributed by atoms with E-state index in [1.807, 2.05) is 39.8 Å². The summed E-state index contributed by atoms with van der Waals surface area (Å²) in [6, 6.07) is 5.25. The fourth-order valence-electron chi connectivity index (χ4n) is 2.69. The lowest BCUT2D eigenvalue weighted by Crippen LogP contribution is -2.44. The summed E-state index contributed by atoms with van der Waals surface area (Å²) in [7, 11) is 1.58. The molecule has 23 heavy (non-hydrogen) atoms. The number of hydroxylamine groups is 1. The van der Waals surface area contributed by atoms with Crippen molar-refractivity contribution in [2.24, 2.45) is 0 Å². The topological polar surface area (TPSA) is 61.1 Å². The Kier molecular flexibility index (Phi) is 3.82. The minimum absolute atomic E-state index is 0.372. The number of ether oxygens (including phenoxy) is 2. The summed E-state index contributed by atoms with van der Waals surface area (Å²) in [5.74, 6) is 0.464. The maximum absolute atomic E-state index is 11.8. The van der Waals surface area contributed by atoms with Crippen LogP contribution in [-0.4, -0.2) is 25.5 Å². The molecule has 0 aliphatic carbocycles. The van der Waals surface area contributed by atoms with Gasteiger partial charge >= 0.3 is 5.63 Å². The molecule has 3 rings (SSSR count). The van der Waals surface area contributed by atoms with E-state index in [2.05, 4.69) is 0 Å². The molecule has 6 nitrogen and oxygen atoms in total. The molecule has 0 saturated heterocycles. The Morgan fingerprint density at radius 2 is 2.04 bits per heavy atom. The molecule has 0 radical (unpaired) electrons. The Morgan fingerprint density at radius 3 is 2.70 bits per heavy atom. The molecule has 1 unspecified atom stereocenters. The van der Waals surface area contributed by atoms with Gasteiger partial charge in [-0.1, -0.05) is 0 Å². The number of fused-ring (bicyclic) bond motifs is 3. The maximum atomic E-state index is 11.8. The Bertz CT molecular complexity index is 790. The molecule has 0 bridgehead atoms. The van der Waals surface area contributed by atoms with Crippen molar-refractivity contribution in [2.75, 3.05) is 18.7 Å². The molecule has 0 amide bonds. The summed E-state index contributed by atoms with van der Waals surface area (Å²) in [5.41, 5.74) is 1.18. The highest BCUT2D eigenvalue weighted by Gasteiger charge is 2.32. The van der Waals surface area contributed by atoms with Crippen molar-refractivity contribution in [1.82, 2.24) is 0 Å². The maximum Gasteiger partial charge on any atom is 0.336 e. The minimum atomic E-state index is -0.529. The molecule has 0 saturated carbocycles. The average Bonchev–Trinajstić information content (AvgIpc) is 2.44. The summed E-state index contributed by atoms with van der Waals surface area (Å²) in [5, 5.41) is 2.51. The highest BCUT2D eigenvalue weighted by Crippen LogP contribution is 2.40. The zero-order chi connectivity index (χ0) is 16.8. The summed E-state index contributed by atoms with van der Waals surface area (Å²) < 4.78 is 17.3. The van der Waals surface area contributed by atoms with Crippen LogP contribution >= 0.6 is 0 Å². The number of aryl methyl sites for hydroxylation is 1. The van der Waals surface area contributed by atoms with Crippen LogP contribution in [0.15, 0.2) is 27.4 Å². The Balaban J connectivity index is 2.14. The second-order valence-electron chi connectivity index (χ2n) is 6.56. The van der Waals surface area contributed by atoms with E-state index in [0.29, 0.717) is 23.6 Å². The van der Waals surface area contributed by atoms with Crippen molar-refractivity contribution < 1.29 is 18.7 Å². The molecule has 0 N–H and O–H groups in total. The van der Waals surface area contributed by atoms with Crippen LogP contribution in [0.25, 0.3) is 11.0 Å². The van der Waals surface area contributed by atoms with Gasteiger partial charge in [0, 0.05) is 11.5 Å². The molecule has 124 valence electrons. The van der Waals surface area contributed by atoms with Crippen molar-refractivity contribution in [3.8, 4) is 5.75 Å². The molecule has 0 fully saturated rings. The van der Waals surface area contributed by atoms with Crippen molar-refractivity contribution in [2.45, 2.75) is 39.6 Å². The SMILES string of the molecule is CON1CC(OC(C)(C)C)Oc2c1ccc1c(C)cc(=O)oc21. The Labute approximate surface area is 134 Å². The van der Waals surface area contributed by atoms with Crippen LogP contribution in [0.4, 0.5) is 5.69 Å². The molecular formula is C17H21NO5. The van der Waals surface area contributed by atoms with Gasteiger partial charge in [-0.15, -0.1) is 0 Å². The third-order valence-electron chi connectivity index (χ3n) is 3.59. The molecule has 1 aromatic carbocycles. The molecule has 6 heteroatoms. The first-order chi connectivity index (χ1) is 10.8. The lowest BCUT2D eigenvalue weighted by atomic mass is 10.1. The summed E-state index contributed by atoms with van der Waals surface area (Å²) in [6.45, 7) is 8.15. The summed E-state index contributed by atoms with van der Waals surface area (Å²) in [4.78, 5) is 17.2. The van der Waals surface area contributed by atoms with Gasteiger partial charge in [0.05, 0.1) is 12.7 Å². The number of anilines is 1. The molecule has 1 aromatic heterocycles. The van der Waals surface area contributed by atoms with Crippen LogP contribution in [-0.2, 0) is 9.57 Å². The summed E-state index contributed by atoms with van der Waals surface area (Å²) >= 11 is 0. The van der Waals surface area contributed by atoms with E-state index in [1.54, 1.807) is 12.2 Å². The molecule has 1 atom stereocenters. The molecule has 1 aliphatic rings. The summed E-state index contributed by atoms with van der Waals surface area (Å²) in [6.07, 6.45) is -0.529. The Hall–Kier alpha value is -2.05. The van der Waals surface area contributed by atoms with Gasteiger partial charge in [-0.3, -0.25) is 4.84 Å². The zero-order valence-corrected chi connectivity index (χ0v) is 14.0. The highest BCUT2D eigenvalue weighted by atomic mass is 16.7. The van der Waals surface area contributed by atoms with Crippen LogP contribution in [0.1, 0.15) is 26.3 Å². The van der Waals surface area contributed by atoms with Gasteiger partial charge in [-0.2, -0.15) is 0 Å². The first-order valence-corrected chi connectivity index (χ1v) is 7.52. The van der Waals surface area contributed by atoms with E-state index in [-0.39, 0.29) is 5.60 Å². The Morgan fingerprint density at radius 1 is 1.30 bits per heavy atom. The van der Waals surface area contributed by atoms with Gasteiger partial charge in [-0.05, 0) is 45.4 Å². The largest absolute Gasteiger partial charge is 0.457 e. The van der Waals surface area contributed by atoms with Gasteiger partial charge in [0.25, 0.3) is 0 Å². The second-order valence-corrected chi connectivity index (χ2v) is 6.56. The lowest BCUT2D eigenvalue weighted by Gasteiger charge is -2.37. The number of hydrogen-bond acceptors (Lipinski definition) is 6. The fourth-order valence-corrected chi connectivity index (χ4v) is 2.69. The number of nitrogens with zero attached hydrogens (tertiary/aromatic N) is 1. The van der Waals surface area contributed by atoms with Gasteiger partial charge in [0.15, 0.2) is 11.3 Å². The number of hydrogen-bond donors (Lipinski definition) is 0. The molecule has 1 aliphatic heterocycles. The second kappa shape index (κ2) is 5.54. The van der Waals surface area contributed by atoms with Gasteiger partial charge in [0.1, 0.15) is 12.2 Å². The zero-order valence-electron chi connectivity index (χ0n) is 14.0. The normalized spacial score (nSPS) is 18.0. The van der Waals surface area contributed by atoms with Crippen LogP contribution in [0.2, 0.25) is 0 Å². The van der Waals surface area contributed by atoms with E-state index in [4.69, 9.17) is 18.7 Å². The first kappa shape index (κ1) is 15.8. The average molecular weight is 319 g/mol. The van der Waals surface area contributed by atoms with E-state index in [0.717, 1.165) is 10.9 Å². The molecular weight excluding hydrogens is 298 g/mol. The minimum Gasteiger partial charge on any atom is -0.457 e. The van der Waals surface area contributed by atoms with Crippen LogP contribution < -0.4 is 15.4 Å². The van der Waals surface area contributed by atoms with Crippen molar-refractivity contribution in [1.29, 1.82) is 0 Å². The predicted octanol–water partition coefficient (Wildman–Crippen LogP) is 3.00. The van der Waals surface area contributed by atoms with E-state index >= 15 is 0 Å². The first-order valence-electron chi connectivity index (χ1n) is 7.52. The third kappa shape index (κ3) is 3.04. The molecule has 0 spiro atoms. The standard InChI is InChI=1S/C17H21NO5/c1-10-8-13(19)21-15-11(10)6-7-12-16(15)22-14(9-18(12)20-5)23-17(2,3)4/h6-8,14H,9H2,1-5H3. The third-order valence-corrected chi connectivity index (χ3v) is 3.59. The predicted molar refractivity (Wildman–Crippen MR) is 86.8 cm³/mol. The lowest BCUT2D eigenvalue weighted by molar-refractivity contribution is -0.156. The fraction of sp³-hybridized carbons (Fsp3) is 0.471. The molecule has 2 heterocycles. The quantitative estimate of drug-likeness (QED) is 0.793. The van der Waals surface area contributed by atoms with Gasteiger partial charge in [0.2, 0.25) is 6.29 Å². The van der Waals surface area contributed by atoms with E-state index in [9.17, 15) is 4.79 Å². The van der Waals surface area contributed by atoms with Crippen LogP contribution in [0.3, 0.4) is 0 Å². The monoisotopic (exact) mass is 319 g/mol. The van der Waals surface area contributed by atoms with E-state index in [1.165, 1.54) is 6.07 Å². The van der Waals surface area contributed by atoms with Crippen molar-refractivity contribution >= 4 is 16.7 Å². The number of benzene rings is 1. The number of rotatable bonds is 2. The van der Waals surface area contributed by atoms with E-state index < -0.39 is 11.9 Å². The van der Waals surface area contributed by atoms with Crippen LogP contribution in [0, 0.1) is 6.92 Å². The van der Waals surface area contributed by atoms with Gasteiger partial charge < -0.3 is 13.9 Å². The van der Waals surface area contributed by atoms with Crippen LogP contribution in [0.5, 0.6) is 5.75 Å². The highest BCUT2D eigenvalue weighted by molar-refractivity contribution is 5.91. The van der Waals surface area contributed by atoms with Crippen molar-refractivity contribution in [3.63, 3.8) is 0 Å².